The predicted molar refractivity (Wildman–Crippen MR) is 93.0 cm³/mol. The molecule has 0 atom stereocenters. The van der Waals surface area contributed by atoms with E-state index >= 15 is 0 Å². The van der Waals surface area contributed by atoms with Crippen molar-refractivity contribution < 1.29 is 22.7 Å². The van der Waals surface area contributed by atoms with Gasteiger partial charge in [0.2, 0.25) is 0 Å². The standard InChI is InChI=1S/C19H22F3N3O2/c1-13(2)27-11-16-17-10-24(7-4-8-25(17)12-23-16)18(26)14-5-3-6-15(9-14)19(20,21)22/h3,5-6,9,12-13H,4,7-8,10-11H2,1-2H3. The molecule has 8 heteroatoms. The molecule has 5 nitrogen and oxygen atoms in total. The summed E-state index contributed by atoms with van der Waals surface area (Å²) in [6, 6.07) is 4.56. The lowest BCUT2D eigenvalue weighted by Gasteiger charge is -2.21. The fourth-order valence-corrected chi connectivity index (χ4v) is 3.07. The smallest absolute Gasteiger partial charge is 0.372 e. The minimum Gasteiger partial charge on any atom is -0.372 e. The van der Waals surface area contributed by atoms with Gasteiger partial charge in [0.15, 0.2) is 0 Å². The highest BCUT2D eigenvalue weighted by Gasteiger charge is 2.31. The summed E-state index contributed by atoms with van der Waals surface area (Å²) in [6.45, 7) is 5.67. The average Bonchev–Trinajstić information content (AvgIpc) is 2.86. The lowest BCUT2D eigenvalue weighted by molar-refractivity contribution is -0.137. The zero-order valence-electron chi connectivity index (χ0n) is 15.3. The highest BCUT2D eigenvalue weighted by molar-refractivity contribution is 5.94. The van der Waals surface area contributed by atoms with Crippen molar-refractivity contribution in [3.05, 3.63) is 53.1 Å². The topological polar surface area (TPSA) is 47.4 Å². The second kappa shape index (κ2) is 7.72. The van der Waals surface area contributed by atoms with Gasteiger partial charge in [-0.3, -0.25) is 4.79 Å². The molecule has 0 radical (unpaired) electrons. The fraction of sp³-hybridized carbons (Fsp3) is 0.474. The van der Waals surface area contributed by atoms with Gasteiger partial charge in [0.1, 0.15) is 0 Å². The Morgan fingerprint density at radius 3 is 2.78 bits per heavy atom. The van der Waals surface area contributed by atoms with E-state index in [2.05, 4.69) is 4.98 Å². The number of carbonyl (C=O) groups is 1. The fourth-order valence-electron chi connectivity index (χ4n) is 3.07. The number of aryl methyl sites for hydroxylation is 1. The zero-order valence-corrected chi connectivity index (χ0v) is 15.3. The SMILES string of the molecule is CC(C)OCc1ncn2c1CN(C(=O)c1cccc(C(F)(F)F)c1)CCC2. The van der Waals surface area contributed by atoms with Crippen molar-refractivity contribution in [2.24, 2.45) is 0 Å². The normalized spacial score (nSPS) is 15.0. The zero-order chi connectivity index (χ0) is 19.6. The molecule has 0 aliphatic carbocycles. The largest absolute Gasteiger partial charge is 0.416 e. The Kier molecular flexibility index (Phi) is 5.55. The van der Waals surface area contributed by atoms with Gasteiger partial charge in [0, 0.05) is 18.7 Å². The van der Waals surface area contributed by atoms with E-state index in [1.54, 1.807) is 11.2 Å². The molecule has 1 aliphatic rings. The predicted octanol–water partition coefficient (Wildman–Crippen LogP) is 3.87. The Morgan fingerprint density at radius 2 is 2.07 bits per heavy atom. The number of amides is 1. The van der Waals surface area contributed by atoms with Crippen LogP contribution in [0.4, 0.5) is 13.2 Å². The van der Waals surface area contributed by atoms with E-state index < -0.39 is 17.6 Å². The number of hydrogen-bond acceptors (Lipinski definition) is 3. The Bertz CT molecular complexity index is 815. The maximum atomic E-state index is 12.9. The molecule has 3 rings (SSSR count). The van der Waals surface area contributed by atoms with Crippen LogP contribution in [0.2, 0.25) is 0 Å². The summed E-state index contributed by atoms with van der Waals surface area (Å²) in [7, 11) is 0. The first kappa shape index (κ1) is 19.4. The monoisotopic (exact) mass is 381 g/mol. The van der Waals surface area contributed by atoms with Crippen molar-refractivity contribution in [3.8, 4) is 0 Å². The van der Waals surface area contributed by atoms with E-state index in [0.717, 1.165) is 23.5 Å². The van der Waals surface area contributed by atoms with Gasteiger partial charge in [0.25, 0.3) is 5.91 Å². The maximum Gasteiger partial charge on any atom is 0.416 e. The second-order valence-corrected chi connectivity index (χ2v) is 6.85. The van der Waals surface area contributed by atoms with E-state index in [4.69, 9.17) is 4.74 Å². The Labute approximate surface area is 155 Å². The van der Waals surface area contributed by atoms with Crippen molar-refractivity contribution in [1.29, 1.82) is 0 Å². The van der Waals surface area contributed by atoms with E-state index in [1.807, 2.05) is 18.4 Å². The molecule has 1 amide bonds. The summed E-state index contributed by atoms with van der Waals surface area (Å²) in [5, 5.41) is 0. The van der Waals surface area contributed by atoms with Crippen LogP contribution < -0.4 is 0 Å². The maximum absolute atomic E-state index is 12.9. The van der Waals surface area contributed by atoms with Gasteiger partial charge in [-0.1, -0.05) is 6.07 Å². The van der Waals surface area contributed by atoms with Crippen LogP contribution in [-0.2, 0) is 30.6 Å². The van der Waals surface area contributed by atoms with Crippen LogP contribution in [0.1, 0.15) is 47.6 Å². The highest BCUT2D eigenvalue weighted by atomic mass is 19.4. The molecule has 0 bridgehead atoms. The molecule has 2 aromatic rings. The molecule has 0 saturated carbocycles. The molecule has 0 fully saturated rings. The third-order valence-corrected chi connectivity index (χ3v) is 4.48. The number of fused-ring (bicyclic) bond motifs is 1. The number of rotatable bonds is 4. The van der Waals surface area contributed by atoms with Gasteiger partial charge in [-0.05, 0) is 38.5 Å². The molecular weight excluding hydrogens is 359 g/mol. The molecule has 2 heterocycles. The third-order valence-electron chi connectivity index (χ3n) is 4.48. The summed E-state index contributed by atoms with van der Waals surface area (Å²) in [4.78, 5) is 18.8. The molecule has 0 unspecified atom stereocenters. The second-order valence-electron chi connectivity index (χ2n) is 6.85. The molecule has 146 valence electrons. The van der Waals surface area contributed by atoms with Crippen molar-refractivity contribution >= 4 is 5.91 Å². The van der Waals surface area contributed by atoms with E-state index in [-0.39, 0.29) is 11.7 Å². The van der Waals surface area contributed by atoms with Crippen molar-refractivity contribution in [2.75, 3.05) is 6.54 Å². The molecule has 0 spiro atoms. The van der Waals surface area contributed by atoms with Crippen LogP contribution in [0.15, 0.2) is 30.6 Å². The van der Waals surface area contributed by atoms with E-state index in [1.165, 1.54) is 12.1 Å². The number of alkyl halides is 3. The minimum atomic E-state index is -4.48. The third kappa shape index (κ3) is 4.50. The Hall–Kier alpha value is -2.35. The van der Waals surface area contributed by atoms with E-state index in [9.17, 15) is 18.0 Å². The van der Waals surface area contributed by atoms with E-state index in [0.29, 0.717) is 32.7 Å². The number of halogens is 3. The number of aromatic nitrogens is 2. The Balaban J connectivity index is 1.82. The van der Waals surface area contributed by atoms with Crippen LogP contribution in [0.25, 0.3) is 0 Å². The van der Waals surface area contributed by atoms with Crippen LogP contribution >= 0.6 is 0 Å². The van der Waals surface area contributed by atoms with Gasteiger partial charge in [-0.2, -0.15) is 13.2 Å². The van der Waals surface area contributed by atoms with Gasteiger partial charge in [0.05, 0.1) is 42.5 Å². The first-order chi connectivity index (χ1) is 12.8. The quantitative estimate of drug-likeness (QED) is 0.808. The van der Waals surface area contributed by atoms with Crippen molar-refractivity contribution in [1.82, 2.24) is 14.5 Å². The molecular formula is C19H22F3N3O2. The van der Waals surface area contributed by atoms with Gasteiger partial charge in [-0.25, -0.2) is 4.98 Å². The van der Waals surface area contributed by atoms with Crippen molar-refractivity contribution in [2.45, 2.75) is 52.2 Å². The summed E-state index contributed by atoms with van der Waals surface area (Å²) in [5.41, 5.74) is 0.845. The number of ether oxygens (including phenoxy) is 1. The van der Waals surface area contributed by atoms with Crippen LogP contribution in [0.3, 0.4) is 0 Å². The van der Waals surface area contributed by atoms with Crippen LogP contribution in [0, 0.1) is 0 Å². The molecule has 1 aliphatic heterocycles. The number of nitrogens with zero attached hydrogens (tertiary/aromatic N) is 3. The Morgan fingerprint density at radius 1 is 1.30 bits per heavy atom. The van der Waals surface area contributed by atoms with Gasteiger partial charge in [-0.15, -0.1) is 0 Å². The minimum absolute atomic E-state index is 0.0396. The average molecular weight is 381 g/mol. The van der Waals surface area contributed by atoms with Crippen LogP contribution in [0.5, 0.6) is 0 Å². The van der Waals surface area contributed by atoms with Gasteiger partial charge < -0.3 is 14.2 Å². The number of hydrogen-bond donors (Lipinski definition) is 0. The first-order valence-electron chi connectivity index (χ1n) is 8.86. The first-order valence-corrected chi connectivity index (χ1v) is 8.86. The van der Waals surface area contributed by atoms with Crippen LogP contribution in [-0.4, -0.2) is 33.0 Å². The number of imidazole rings is 1. The van der Waals surface area contributed by atoms with Gasteiger partial charge >= 0.3 is 6.18 Å². The molecule has 0 N–H and O–H groups in total. The molecule has 0 saturated heterocycles. The summed E-state index contributed by atoms with van der Waals surface area (Å²) >= 11 is 0. The highest BCUT2D eigenvalue weighted by Crippen LogP contribution is 2.30. The molecule has 1 aromatic heterocycles. The number of carbonyl (C=O) groups excluding carboxylic acids is 1. The lowest BCUT2D eigenvalue weighted by atomic mass is 10.1. The number of benzene rings is 1. The summed E-state index contributed by atoms with van der Waals surface area (Å²) in [6.07, 6.45) is -1.99. The summed E-state index contributed by atoms with van der Waals surface area (Å²) in [5.74, 6) is -0.411. The van der Waals surface area contributed by atoms with Crippen molar-refractivity contribution in [3.63, 3.8) is 0 Å². The molecule has 27 heavy (non-hydrogen) atoms. The lowest BCUT2D eigenvalue weighted by Crippen LogP contribution is -2.31. The summed E-state index contributed by atoms with van der Waals surface area (Å²) < 4.78 is 46.4. The molecule has 1 aromatic carbocycles.